The molecule has 2 aromatic rings. The molecule has 114 valence electrons. The lowest BCUT2D eigenvalue weighted by atomic mass is 10.1. The number of benzene rings is 1. The first-order chi connectivity index (χ1) is 10.6. The molecule has 0 aliphatic rings. The predicted octanol–water partition coefficient (Wildman–Crippen LogP) is 3.35. The van der Waals surface area contributed by atoms with Gasteiger partial charge in [0.15, 0.2) is 17.4 Å². The van der Waals surface area contributed by atoms with Crippen molar-refractivity contribution in [3.05, 3.63) is 53.2 Å². The molecular formula is C16H15ClN2O3. The highest BCUT2D eigenvalue weighted by atomic mass is 35.5. The van der Waals surface area contributed by atoms with E-state index in [4.69, 9.17) is 16.3 Å². The van der Waals surface area contributed by atoms with E-state index in [1.54, 1.807) is 42.6 Å². The number of methoxy groups -OCH3 is 1. The SMILES string of the molecule is COc1cccnc1NC(=O)CCC(=O)c1ccc(Cl)cc1. The fourth-order valence-corrected chi connectivity index (χ4v) is 1.98. The normalized spacial score (nSPS) is 10.1. The molecule has 0 atom stereocenters. The number of anilines is 1. The van der Waals surface area contributed by atoms with E-state index in [-0.39, 0.29) is 24.5 Å². The summed E-state index contributed by atoms with van der Waals surface area (Å²) in [5.41, 5.74) is 0.535. The van der Waals surface area contributed by atoms with E-state index in [0.717, 1.165) is 0 Å². The third-order valence-electron chi connectivity index (χ3n) is 2.99. The van der Waals surface area contributed by atoms with E-state index in [1.807, 2.05) is 0 Å². The molecule has 0 unspecified atom stereocenters. The van der Waals surface area contributed by atoms with Gasteiger partial charge in [0.25, 0.3) is 0 Å². The van der Waals surface area contributed by atoms with Crippen molar-refractivity contribution in [2.45, 2.75) is 12.8 Å². The van der Waals surface area contributed by atoms with Crippen molar-refractivity contribution in [3.63, 3.8) is 0 Å². The first-order valence-electron chi connectivity index (χ1n) is 6.68. The van der Waals surface area contributed by atoms with Crippen LogP contribution < -0.4 is 10.1 Å². The summed E-state index contributed by atoms with van der Waals surface area (Å²) in [7, 11) is 1.50. The molecule has 1 amide bonds. The Morgan fingerprint density at radius 3 is 2.59 bits per heavy atom. The number of carbonyl (C=O) groups is 2. The second-order valence-corrected chi connectivity index (χ2v) is 4.97. The number of ether oxygens (including phenoxy) is 1. The third-order valence-corrected chi connectivity index (χ3v) is 3.25. The van der Waals surface area contributed by atoms with Gasteiger partial charge in [0.05, 0.1) is 7.11 Å². The molecule has 1 heterocycles. The number of ketones is 1. The van der Waals surface area contributed by atoms with Crippen LogP contribution in [0.3, 0.4) is 0 Å². The van der Waals surface area contributed by atoms with Gasteiger partial charge in [0.1, 0.15) is 0 Å². The lowest BCUT2D eigenvalue weighted by Gasteiger charge is -2.08. The number of carbonyl (C=O) groups excluding carboxylic acids is 2. The molecule has 1 aromatic carbocycles. The van der Waals surface area contributed by atoms with Crippen molar-refractivity contribution in [3.8, 4) is 5.75 Å². The van der Waals surface area contributed by atoms with Crippen LogP contribution in [0.4, 0.5) is 5.82 Å². The van der Waals surface area contributed by atoms with Crippen LogP contribution in [0.15, 0.2) is 42.6 Å². The van der Waals surface area contributed by atoms with Crippen molar-refractivity contribution >= 4 is 29.1 Å². The van der Waals surface area contributed by atoms with Gasteiger partial charge in [-0.2, -0.15) is 0 Å². The van der Waals surface area contributed by atoms with Crippen LogP contribution in [0, 0.1) is 0 Å². The van der Waals surface area contributed by atoms with Gasteiger partial charge in [-0.05, 0) is 36.4 Å². The molecule has 0 saturated carbocycles. The van der Waals surface area contributed by atoms with Crippen molar-refractivity contribution in [1.82, 2.24) is 4.98 Å². The number of Topliss-reactive ketones (excluding diaryl/α,β-unsaturated/α-hetero) is 1. The number of nitrogens with zero attached hydrogens (tertiary/aromatic N) is 1. The number of amides is 1. The number of aromatic nitrogens is 1. The zero-order chi connectivity index (χ0) is 15.9. The van der Waals surface area contributed by atoms with Gasteiger partial charge >= 0.3 is 0 Å². The van der Waals surface area contributed by atoms with Crippen molar-refractivity contribution in [2.24, 2.45) is 0 Å². The van der Waals surface area contributed by atoms with Crippen molar-refractivity contribution in [2.75, 3.05) is 12.4 Å². The average molecular weight is 319 g/mol. The Labute approximate surface area is 133 Å². The Kier molecular flexibility index (Phi) is 5.49. The zero-order valence-corrected chi connectivity index (χ0v) is 12.8. The number of hydrogen-bond donors (Lipinski definition) is 1. The quantitative estimate of drug-likeness (QED) is 0.829. The van der Waals surface area contributed by atoms with Crippen LogP contribution >= 0.6 is 11.6 Å². The number of hydrogen-bond acceptors (Lipinski definition) is 4. The van der Waals surface area contributed by atoms with Gasteiger partial charge in [-0.1, -0.05) is 11.6 Å². The van der Waals surface area contributed by atoms with Crippen LogP contribution in [0.25, 0.3) is 0 Å². The number of rotatable bonds is 6. The highest BCUT2D eigenvalue weighted by Crippen LogP contribution is 2.20. The molecule has 0 radical (unpaired) electrons. The van der Waals surface area contributed by atoms with Crippen LogP contribution in [0.1, 0.15) is 23.2 Å². The number of halogens is 1. The van der Waals surface area contributed by atoms with E-state index in [0.29, 0.717) is 22.2 Å². The summed E-state index contributed by atoms with van der Waals surface area (Å²) >= 11 is 5.77. The molecule has 2 rings (SSSR count). The summed E-state index contributed by atoms with van der Waals surface area (Å²) < 4.78 is 5.10. The Morgan fingerprint density at radius 1 is 1.18 bits per heavy atom. The second-order valence-electron chi connectivity index (χ2n) is 4.53. The first-order valence-corrected chi connectivity index (χ1v) is 7.05. The maximum absolute atomic E-state index is 12.0. The summed E-state index contributed by atoms with van der Waals surface area (Å²) in [6.45, 7) is 0. The van der Waals surface area contributed by atoms with Gasteiger partial charge in [0.2, 0.25) is 5.91 Å². The molecule has 0 aliphatic heterocycles. The van der Waals surface area contributed by atoms with Crippen LogP contribution in [0.2, 0.25) is 5.02 Å². The number of nitrogens with one attached hydrogen (secondary N) is 1. The van der Waals surface area contributed by atoms with E-state index < -0.39 is 0 Å². The summed E-state index contributed by atoms with van der Waals surface area (Å²) in [4.78, 5) is 27.9. The van der Waals surface area contributed by atoms with Gasteiger partial charge in [-0.25, -0.2) is 4.98 Å². The number of pyridine rings is 1. The third kappa shape index (κ3) is 4.30. The predicted molar refractivity (Wildman–Crippen MR) is 84.4 cm³/mol. The second kappa shape index (κ2) is 7.56. The molecule has 1 N–H and O–H groups in total. The Hall–Kier alpha value is -2.40. The molecule has 0 bridgehead atoms. The van der Waals surface area contributed by atoms with Gasteiger partial charge in [-0.15, -0.1) is 0 Å². The molecule has 5 nitrogen and oxygen atoms in total. The molecule has 0 aliphatic carbocycles. The Morgan fingerprint density at radius 2 is 1.91 bits per heavy atom. The van der Waals surface area contributed by atoms with Crippen LogP contribution in [-0.4, -0.2) is 23.8 Å². The minimum Gasteiger partial charge on any atom is -0.493 e. The minimum atomic E-state index is -0.292. The molecule has 22 heavy (non-hydrogen) atoms. The lowest BCUT2D eigenvalue weighted by molar-refractivity contribution is -0.116. The molecular weight excluding hydrogens is 304 g/mol. The van der Waals surface area contributed by atoms with Crippen molar-refractivity contribution < 1.29 is 14.3 Å². The topological polar surface area (TPSA) is 68.3 Å². The fourth-order valence-electron chi connectivity index (χ4n) is 1.85. The Balaban J connectivity index is 1.90. The molecule has 0 fully saturated rings. The largest absolute Gasteiger partial charge is 0.493 e. The fraction of sp³-hybridized carbons (Fsp3) is 0.188. The lowest BCUT2D eigenvalue weighted by Crippen LogP contribution is -2.15. The smallest absolute Gasteiger partial charge is 0.226 e. The Bertz CT molecular complexity index is 671. The van der Waals surface area contributed by atoms with E-state index >= 15 is 0 Å². The minimum absolute atomic E-state index is 0.0706. The van der Waals surface area contributed by atoms with Crippen LogP contribution in [0.5, 0.6) is 5.75 Å². The highest BCUT2D eigenvalue weighted by molar-refractivity contribution is 6.30. The van der Waals surface area contributed by atoms with Gasteiger partial charge in [0, 0.05) is 29.6 Å². The summed E-state index contributed by atoms with van der Waals surface area (Å²) in [5, 5.41) is 3.20. The zero-order valence-electron chi connectivity index (χ0n) is 12.0. The van der Waals surface area contributed by atoms with Gasteiger partial charge < -0.3 is 10.1 Å². The molecule has 6 heteroatoms. The monoisotopic (exact) mass is 318 g/mol. The average Bonchev–Trinajstić information content (AvgIpc) is 2.54. The molecule has 0 saturated heterocycles. The first kappa shape index (κ1) is 16.0. The summed E-state index contributed by atoms with van der Waals surface area (Å²) in [5.74, 6) is 0.410. The van der Waals surface area contributed by atoms with E-state index in [1.165, 1.54) is 7.11 Å². The highest BCUT2D eigenvalue weighted by Gasteiger charge is 2.12. The van der Waals surface area contributed by atoms with E-state index in [2.05, 4.69) is 10.3 Å². The van der Waals surface area contributed by atoms with Gasteiger partial charge in [-0.3, -0.25) is 9.59 Å². The maximum Gasteiger partial charge on any atom is 0.226 e. The van der Waals surface area contributed by atoms with E-state index in [9.17, 15) is 9.59 Å². The summed E-state index contributed by atoms with van der Waals surface area (Å²) in [6, 6.07) is 9.98. The molecule has 0 spiro atoms. The maximum atomic E-state index is 12.0. The van der Waals surface area contributed by atoms with Crippen molar-refractivity contribution in [1.29, 1.82) is 0 Å². The standard InChI is InChI=1S/C16H15ClN2O3/c1-22-14-3-2-10-18-16(14)19-15(21)9-8-13(20)11-4-6-12(17)7-5-11/h2-7,10H,8-9H2,1H3,(H,18,19,21). The van der Waals surface area contributed by atoms with Crippen LogP contribution in [-0.2, 0) is 4.79 Å². The molecule has 1 aromatic heterocycles. The summed E-state index contributed by atoms with van der Waals surface area (Å²) in [6.07, 6.45) is 1.74.